The number of carbonyl (C=O) groups is 2. The first-order valence-corrected chi connectivity index (χ1v) is 12.5. The molecule has 0 aromatic heterocycles. The zero-order valence-corrected chi connectivity index (χ0v) is 19.6. The number of hydrogen-bond acceptors (Lipinski definition) is 8. The number of benzene rings is 2. The molecule has 33 heavy (non-hydrogen) atoms. The average molecular weight is 506 g/mol. The fourth-order valence-electron chi connectivity index (χ4n) is 3.09. The monoisotopic (exact) mass is 505 g/mol. The van der Waals surface area contributed by atoms with Crippen molar-refractivity contribution in [3.05, 3.63) is 59.0 Å². The van der Waals surface area contributed by atoms with Crippen molar-refractivity contribution in [2.24, 2.45) is 0 Å². The highest BCUT2D eigenvalue weighted by Crippen LogP contribution is 2.36. The van der Waals surface area contributed by atoms with Crippen LogP contribution in [0.3, 0.4) is 0 Å². The minimum absolute atomic E-state index is 0.00950. The van der Waals surface area contributed by atoms with Crippen molar-refractivity contribution in [2.75, 3.05) is 13.3 Å². The highest BCUT2D eigenvalue weighted by atomic mass is 32.2. The van der Waals surface area contributed by atoms with Crippen molar-refractivity contribution in [2.45, 2.75) is 17.7 Å². The van der Waals surface area contributed by atoms with Crippen LogP contribution in [0.1, 0.15) is 18.4 Å². The SMILES string of the molecule is O=C(CCCN1C(=O)C(=Cc2ccc3c(c2)OCO3)SC1=S)NNS(=O)(=O)c1ccccc1. The second kappa shape index (κ2) is 9.91. The topological polar surface area (TPSA) is 114 Å². The summed E-state index contributed by atoms with van der Waals surface area (Å²) in [4.78, 5) is 28.8. The molecule has 12 heteroatoms. The van der Waals surface area contributed by atoms with E-state index in [0.717, 1.165) is 5.56 Å². The number of thiocarbonyl (C=S) groups is 1. The van der Waals surface area contributed by atoms with Crippen LogP contribution in [0.2, 0.25) is 0 Å². The van der Waals surface area contributed by atoms with Crippen molar-refractivity contribution >= 4 is 56.2 Å². The second-order valence-corrected chi connectivity index (χ2v) is 10.4. The lowest BCUT2D eigenvalue weighted by atomic mass is 10.2. The highest BCUT2D eigenvalue weighted by Gasteiger charge is 2.31. The fourth-order valence-corrected chi connectivity index (χ4v) is 5.28. The molecule has 2 aromatic carbocycles. The Balaban J connectivity index is 1.28. The van der Waals surface area contributed by atoms with Gasteiger partial charge in [0, 0.05) is 13.0 Å². The van der Waals surface area contributed by atoms with Gasteiger partial charge in [0.1, 0.15) is 4.32 Å². The van der Waals surface area contributed by atoms with Crippen molar-refractivity contribution in [1.82, 2.24) is 15.2 Å². The Bertz CT molecular complexity index is 1230. The van der Waals surface area contributed by atoms with Gasteiger partial charge in [0.25, 0.3) is 15.9 Å². The molecule has 4 rings (SSSR count). The molecule has 0 atom stereocenters. The van der Waals surface area contributed by atoms with Crippen molar-refractivity contribution in [1.29, 1.82) is 0 Å². The summed E-state index contributed by atoms with van der Waals surface area (Å²) in [5, 5.41) is 0. The van der Waals surface area contributed by atoms with Crippen LogP contribution in [-0.4, -0.2) is 42.8 Å². The van der Waals surface area contributed by atoms with E-state index in [-0.39, 0.29) is 30.6 Å². The Hall–Kier alpha value is -2.93. The predicted octanol–water partition coefficient (Wildman–Crippen LogP) is 2.41. The smallest absolute Gasteiger partial charge is 0.266 e. The number of nitrogens with one attached hydrogen (secondary N) is 2. The van der Waals surface area contributed by atoms with Crippen molar-refractivity contribution in [3.8, 4) is 11.5 Å². The van der Waals surface area contributed by atoms with Gasteiger partial charge >= 0.3 is 0 Å². The van der Waals surface area contributed by atoms with E-state index in [1.807, 2.05) is 6.07 Å². The van der Waals surface area contributed by atoms with Gasteiger partial charge in [-0.15, -0.1) is 4.83 Å². The molecule has 2 aromatic rings. The van der Waals surface area contributed by atoms with Crippen LogP contribution in [0.4, 0.5) is 0 Å². The minimum Gasteiger partial charge on any atom is -0.454 e. The lowest BCUT2D eigenvalue weighted by Crippen LogP contribution is -2.41. The average Bonchev–Trinajstić information content (AvgIpc) is 3.37. The van der Waals surface area contributed by atoms with Gasteiger partial charge in [-0.3, -0.25) is 19.9 Å². The third-order valence-corrected chi connectivity index (χ3v) is 7.37. The molecule has 2 aliphatic heterocycles. The number of hydrazine groups is 1. The number of carbonyl (C=O) groups excluding carboxylic acids is 2. The number of amides is 2. The Morgan fingerprint density at radius 3 is 2.70 bits per heavy atom. The summed E-state index contributed by atoms with van der Waals surface area (Å²) in [7, 11) is -3.85. The second-order valence-electron chi connectivity index (χ2n) is 7.02. The molecule has 1 fully saturated rings. The summed E-state index contributed by atoms with van der Waals surface area (Å²) in [6.45, 7) is 0.407. The van der Waals surface area contributed by atoms with Crippen LogP contribution in [-0.2, 0) is 19.6 Å². The molecule has 2 aliphatic rings. The van der Waals surface area contributed by atoms with E-state index < -0.39 is 15.9 Å². The zero-order valence-electron chi connectivity index (χ0n) is 17.1. The molecule has 2 amide bonds. The van der Waals surface area contributed by atoms with Crippen LogP contribution in [0.15, 0.2) is 58.3 Å². The van der Waals surface area contributed by atoms with Gasteiger partial charge in [-0.25, -0.2) is 8.42 Å². The molecular formula is C21H19N3O6S3. The van der Waals surface area contributed by atoms with Crippen LogP contribution < -0.4 is 19.7 Å². The molecular weight excluding hydrogens is 486 g/mol. The Morgan fingerprint density at radius 2 is 1.91 bits per heavy atom. The van der Waals surface area contributed by atoms with Gasteiger partial charge in [0.05, 0.1) is 9.80 Å². The zero-order chi connectivity index (χ0) is 23.4. The van der Waals surface area contributed by atoms with Gasteiger partial charge in [-0.2, -0.15) is 0 Å². The molecule has 0 bridgehead atoms. The quantitative estimate of drug-likeness (QED) is 0.319. The van der Waals surface area contributed by atoms with Gasteiger partial charge in [0.15, 0.2) is 11.5 Å². The lowest BCUT2D eigenvalue weighted by molar-refractivity contribution is -0.124. The maximum Gasteiger partial charge on any atom is 0.266 e. The van der Waals surface area contributed by atoms with Crippen LogP contribution in [0.25, 0.3) is 6.08 Å². The van der Waals surface area contributed by atoms with Gasteiger partial charge in [0.2, 0.25) is 12.7 Å². The largest absolute Gasteiger partial charge is 0.454 e. The van der Waals surface area contributed by atoms with Crippen molar-refractivity contribution < 1.29 is 27.5 Å². The molecule has 9 nitrogen and oxygen atoms in total. The van der Waals surface area contributed by atoms with Crippen LogP contribution in [0.5, 0.6) is 11.5 Å². The first-order chi connectivity index (χ1) is 15.8. The molecule has 0 aliphatic carbocycles. The summed E-state index contributed by atoms with van der Waals surface area (Å²) in [6, 6.07) is 13.1. The maximum absolute atomic E-state index is 12.7. The number of nitrogens with zero attached hydrogens (tertiary/aromatic N) is 1. The first kappa shape index (κ1) is 23.2. The van der Waals surface area contributed by atoms with E-state index in [1.54, 1.807) is 36.4 Å². The number of ether oxygens (including phenoxy) is 2. The Labute approximate surface area is 200 Å². The Kier molecular flexibility index (Phi) is 6.98. The van der Waals surface area contributed by atoms with E-state index in [9.17, 15) is 18.0 Å². The van der Waals surface area contributed by atoms with Gasteiger partial charge in [-0.05, 0) is 42.3 Å². The van der Waals surface area contributed by atoms with Crippen LogP contribution in [0, 0.1) is 0 Å². The van der Waals surface area contributed by atoms with E-state index in [4.69, 9.17) is 21.7 Å². The number of hydrogen-bond donors (Lipinski definition) is 2. The molecule has 2 N–H and O–H groups in total. The molecule has 172 valence electrons. The third kappa shape index (κ3) is 5.53. The third-order valence-electron chi connectivity index (χ3n) is 4.73. The standard InChI is InChI=1S/C21H19N3O6S3/c25-19(22-23-33(27,28)15-5-2-1-3-6-15)7-4-10-24-20(26)18(32-21(24)31)12-14-8-9-16-17(11-14)30-13-29-16/h1-3,5-6,8-9,11-12,23H,4,7,10,13H2,(H,22,25). The Morgan fingerprint density at radius 1 is 1.15 bits per heavy atom. The van der Waals surface area contributed by atoms with E-state index in [1.165, 1.54) is 28.8 Å². The van der Waals surface area contributed by atoms with E-state index >= 15 is 0 Å². The molecule has 0 spiro atoms. The highest BCUT2D eigenvalue weighted by molar-refractivity contribution is 8.26. The minimum atomic E-state index is -3.85. The normalized spacial score (nSPS) is 16.5. The molecule has 1 saturated heterocycles. The van der Waals surface area contributed by atoms with E-state index in [2.05, 4.69) is 10.3 Å². The molecule has 0 saturated carbocycles. The van der Waals surface area contributed by atoms with Crippen LogP contribution >= 0.6 is 24.0 Å². The maximum atomic E-state index is 12.7. The molecule has 0 unspecified atom stereocenters. The predicted molar refractivity (Wildman–Crippen MR) is 127 cm³/mol. The van der Waals surface area contributed by atoms with Gasteiger partial charge in [-0.1, -0.05) is 48.2 Å². The van der Waals surface area contributed by atoms with Gasteiger partial charge < -0.3 is 9.47 Å². The molecule has 2 heterocycles. The number of rotatable bonds is 8. The summed E-state index contributed by atoms with van der Waals surface area (Å²) >= 11 is 6.50. The summed E-state index contributed by atoms with van der Waals surface area (Å²) in [6.07, 6.45) is 2.05. The van der Waals surface area contributed by atoms with E-state index in [0.29, 0.717) is 27.1 Å². The lowest BCUT2D eigenvalue weighted by Gasteiger charge is -2.14. The number of fused-ring (bicyclic) bond motifs is 1. The summed E-state index contributed by atoms with van der Waals surface area (Å²) in [5.74, 6) is 0.515. The number of sulfonamides is 1. The molecule has 0 radical (unpaired) electrons. The van der Waals surface area contributed by atoms with Crippen molar-refractivity contribution in [3.63, 3.8) is 0 Å². The fraction of sp³-hybridized carbons (Fsp3) is 0.190. The summed E-state index contributed by atoms with van der Waals surface area (Å²) < 4.78 is 35.3. The number of thioether (sulfide) groups is 1. The first-order valence-electron chi connectivity index (χ1n) is 9.84. The summed E-state index contributed by atoms with van der Waals surface area (Å²) in [5.41, 5.74) is 2.96.